The quantitative estimate of drug-likeness (QED) is 0.329. The molecule has 6 nitrogen and oxygen atoms in total. The molecule has 0 radical (unpaired) electrons. The number of ether oxygens (including phenoxy) is 1. The number of piperidine rings is 1. The van der Waals surface area contributed by atoms with E-state index in [4.69, 9.17) is 15.7 Å². The number of likely N-dealkylation sites (tertiary alicyclic amines) is 1. The molecular weight excluding hydrogens is 244 g/mol. The number of hydrogen-bond acceptors (Lipinski definition) is 5. The van der Waals surface area contributed by atoms with Gasteiger partial charge < -0.3 is 15.7 Å². The molecule has 110 valence electrons. The molecule has 2 atom stereocenters. The Morgan fingerprint density at radius 1 is 1.37 bits per heavy atom. The molecule has 0 aliphatic carbocycles. The highest BCUT2D eigenvalue weighted by atomic mass is 16.5. The molecule has 19 heavy (non-hydrogen) atoms. The number of nitrogens with two attached hydrogens (primary N) is 1. The van der Waals surface area contributed by atoms with E-state index in [9.17, 15) is 0 Å². The predicted octanol–water partition coefficient (Wildman–Crippen LogP) is 0.166. The van der Waals surface area contributed by atoms with Gasteiger partial charge in [-0.1, -0.05) is 12.1 Å². The lowest BCUT2D eigenvalue weighted by molar-refractivity contribution is -0.0449. The lowest BCUT2D eigenvalue weighted by Crippen LogP contribution is -2.50. The second-order valence-electron chi connectivity index (χ2n) is 5.51. The predicted molar refractivity (Wildman–Crippen MR) is 74.4 cm³/mol. The van der Waals surface area contributed by atoms with Crippen LogP contribution in [0.2, 0.25) is 0 Å². The minimum Gasteiger partial charge on any atom is -0.409 e. The topological polar surface area (TPSA) is 74.3 Å². The summed E-state index contributed by atoms with van der Waals surface area (Å²) in [4.78, 5) is 4.81. The summed E-state index contributed by atoms with van der Waals surface area (Å²) in [5, 5.41) is 11.9. The maximum atomic E-state index is 8.77. The van der Waals surface area contributed by atoms with Gasteiger partial charge in [-0.05, 0) is 25.9 Å². The van der Waals surface area contributed by atoms with Crippen molar-refractivity contribution in [3.8, 4) is 0 Å². The Morgan fingerprint density at radius 2 is 2.21 bits per heavy atom. The third kappa shape index (κ3) is 4.06. The minimum atomic E-state index is 0.185. The molecule has 2 unspecified atom stereocenters. The number of morpholine rings is 1. The van der Waals surface area contributed by atoms with Crippen LogP contribution in [-0.4, -0.2) is 72.8 Å². The fraction of sp³-hybridized carbons (Fsp3) is 0.923. The number of likely N-dealkylation sites (N-methyl/N-ethyl adjacent to an activating group) is 1. The van der Waals surface area contributed by atoms with Gasteiger partial charge in [0.1, 0.15) is 5.84 Å². The minimum absolute atomic E-state index is 0.185. The lowest BCUT2D eigenvalue weighted by Gasteiger charge is -2.38. The van der Waals surface area contributed by atoms with Crippen molar-refractivity contribution in [2.45, 2.75) is 25.9 Å². The molecule has 3 N–H and O–H groups in total. The normalized spacial score (nSPS) is 31.5. The number of oxime groups is 1. The van der Waals surface area contributed by atoms with Crippen LogP contribution in [0.3, 0.4) is 0 Å². The van der Waals surface area contributed by atoms with E-state index in [-0.39, 0.29) is 5.92 Å². The van der Waals surface area contributed by atoms with E-state index in [0.29, 0.717) is 11.9 Å². The average Bonchev–Trinajstić information content (AvgIpc) is 2.47. The summed E-state index contributed by atoms with van der Waals surface area (Å²) >= 11 is 0. The van der Waals surface area contributed by atoms with Gasteiger partial charge in [0.05, 0.1) is 12.7 Å². The fourth-order valence-electron chi connectivity index (χ4n) is 3.01. The molecular formula is C13H26N4O2. The van der Waals surface area contributed by atoms with Crippen molar-refractivity contribution < 1.29 is 9.94 Å². The zero-order chi connectivity index (χ0) is 13.7. The molecule has 0 aromatic heterocycles. The zero-order valence-electron chi connectivity index (χ0n) is 11.8. The van der Waals surface area contributed by atoms with Crippen molar-refractivity contribution in [3.63, 3.8) is 0 Å². The highest BCUT2D eigenvalue weighted by Crippen LogP contribution is 2.18. The van der Waals surface area contributed by atoms with Gasteiger partial charge in [-0.25, -0.2) is 0 Å². The summed E-state index contributed by atoms with van der Waals surface area (Å²) in [6.07, 6.45) is 2.41. The van der Waals surface area contributed by atoms with Crippen LogP contribution in [-0.2, 0) is 4.74 Å². The highest BCUT2D eigenvalue weighted by Gasteiger charge is 2.27. The van der Waals surface area contributed by atoms with Gasteiger partial charge in [-0.2, -0.15) is 0 Å². The second kappa shape index (κ2) is 7.07. The average molecular weight is 270 g/mol. The Kier molecular flexibility index (Phi) is 5.42. The molecule has 0 aromatic rings. The van der Waals surface area contributed by atoms with Crippen LogP contribution in [0.1, 0.15) is 19.8 Å². The molecule has 6 heteroatoms. The Morgan fingerprint density at radius 3 is 2.95 bits per heavy atom. The van der Waals surface area contributed by atoms with Gasteiger partial charge in [0.15, 0.2) is 0 Å². The number of amidine groups is 1. The van der Waals surface area contributed by atoms with Crippen LogP contribution >= 0.6 is 0 Å². The van der Waals surface area contributed by atoms with Crippen molar-refractivity contribution in [1.82, 2.24) is 9.80 Å². The standard InChI is InChI=1S/C13H26N4O2/c1-2-16-6-7-19-12(9-16)10-17-5-3-4-11(8-17)13(14)15-18/h11-12,18H,2-10H2,1H3,(H2,14,15). The summed E-state index contributed by atoms with van der Waals surface area (Å²) in [6.45, 7) is 9.08. The molecule has 2 rings (SSSR count). The Labute approximate surface area is 115 Å². The Bertz CT molecular complexity index is 311. The highest BCUT2D eigenvalue weighted by molar-refractivity contribution is 5.82. The number of nitrogens with zero attached hydrogens (tertiary/aromatic N) is 3. The fourth-order valence-corrected chi connectivity index (χ4v) is 3.01. The zero-order valence-corrected chi connectivity index (χ0v) is 11.8. The molecule has 0 aromatic carbocycles. The van der Waals surface area contributed by atoms with E-state index in [1.54, 1.807) is 0 Å². The smallest absolute Gasteiger partial charge is 0.143 e. The van der Waals surface area contributed by atoms with Crippen LogP contribution in [0.25, 0.3) is 0 Å². The summed E-state index contributed by atoms with van der Waals surface area (Å²) in [5.41, 5.74) is 5.72. The summed E-state index contributed by atoms with van der Waals surface area (Å²) in [5.74, 6) is 0.550. The molecule has 0 saturated carbocycles. The first-order valence-electron chi connectivity index (χ1n) is 7.26. The summed E-state index contributed by atoms with van der Waals surface area (Å²) in [6, 6.07) is 0. The van der Waals surface area contributed by atoms with Gasteiger partial charge in [-0.15, -0.1) is 0 Å². The molecule has 2 heterocycles. The Hall–Kier alpha value is -0.850. The first kappa shape index (κ1) is 14.6. The SMILES string of the molecule is CCN1CCOC(CN2CCCC(C(N)=NO)C2)C1. The monoisotopic (exact) mass is 270 g/mol. The van der Waals surface area contributed by atoms with Crippen molar-refractivity contribution in [1.29, 1.82) is 0 Å². The number of hydrogen-bond donors (Lipinski definition) is 2. The second-order valence-corrected chi connectivity index (χ2v) is 5.51. The van der Waals surface area contributed by atoms with E-state index in [1.807, 2.05) is 0 Å². The molecule has 2 saturated heterocycles. The maximum Gasteiger partial charge on any atom is 0.143 e. The van der Waals surface area contributed by atoms with Gasteiger partial charge in [-0.3, -0.25) is 9.80 Å². The van der Waals surface area contributed by atoms with E-state index >= 15 is 0 Å². The van der Waals surface area contributed by atoms with E-state index in [2.05, 4.69) is 21.9 Å². The van der Waals surface area contributed by atoms with E-state index in [0.717, 1.165) is 58.7 Å². The molecule has 2 fully saturated rings. The van der Waals surface area contributed by atoms with Gasteiger partial charge in [0, 0.05) is 32.1 Å². The third-order valence-electron chi connectivity index (χ3n) is 4.17. The first-order valence-corrected chi connectivity index (χ1v) is 7.26. The van der Waals surface area contributed by atoms with Crippen LogP contribution in [0, 0.1) is 5.92 Å². The number of rotatable bonds is 4. The van der Waals surface area contributed by atoms with Crippen molar-refractivity contribution in [2.75, 3.05) is 45.9 Å². The van der Waals surface area contributed by atoms with Crippen LogP contribution in [0.4, 0.5) is 0 Å². The van der Waals surface area contributed by atoms with Crippen LogP contribution in [0.15, 0.2) is 5.16 Å². The maximum absolute atomic E-state index is 8.77. The first-order chi connectivity index (χ1) is 9.22. The summed E-state index contributed by atoms with van der Waals surface area (Å²) < 4.78 is 5.84. The molecule has 0 spiro atoms. The lowest BCUT2D eigenvalue weighted by atomic mass is 9.97. The third-order valence-corrected chi connectivity index (χ3v) is 4.17. The summed E-state index contributed by atoms with van der Waals surface area (Å²) in [7, 11) is 0. The van der Waals surface area contributed by atoms with Gasteiger partial charge in [0.25, 0.3) is 0 Å². The molecule has 0 amide bonds. The van der Waals surface area contributed by atoms with E-state index < -0.39 is 0 Å². The molecule has 2 aliphatic rings. The molecule has 2 aliphatic heterocycles. The van der Waals surface area contributed by atoms with Crippen LogP contribution < -0.4 is 5.73 Å². The largest absolute Gasteiger partial charge is 0.409 e. The van der Waals surface area contributed by atoms with Crippen LogP contribution in [0.5, 0.6) is 0 Å². The van der Waals surface area contributed by atoms with Crippen molar-refractivity contribution in [2.24, 2.45) is 16.8 Å². The van der Waals surface area contributed by atoms with Crippen molar-refractivity contribution in [3.05, 3.63) is 0 Å². The Balaban J connectivity index is 1.81. The van der Waals surface area contributed by atoms with Gasteiger partial charge in [0.2, 0.25) is 0 Å². The molecule has 0 bridgehead atoms. The van der Waals surface area contributed by atoms with Gasteiger partial charge >= 0.3 is 0 Å². The van der Waals surface area contributed by atoms with Crippen molar-refractivity contribution >= 4 is 5.84 Å². The van der Waals surface area contributed by atoms with E-state index in [1.165, 1.54) is 0 Å².